The summed E-state index contributed by atoms with van der Waals surface area (Å²) in [5.41, 5.74) is 4.63. The maximum absolute atomic E-state index is 12.4. The smallest absolute Gasteiger partial charge is 0.410 e. The van der Waals surface area contributed by atoms with Crippen LogP contribution in [0.15, 0.2) is 48.5 Å². The first-order valence-electron chi connectivity index (χ1n) is 8.51. The molecule has 1 heterocycles. The second kappa shape index (κ2) is 7.17. The monoisotopic (exact) mass is 355 g/mol. The lowest BCUT2D eigenvalue weighted by Crippen LogP contribution is -2.41. The van der Waals surface area contributed by atoms with Crippen molar-refractivity contribution in [3.05, 3.63) is 59.7 Å². The molecule has 1 aliphatic carbocycles. The Morgan fingerprint density at radius 1 is 1.04 bits per heavy atom. The summed E-state index contributed by atoms with van der Waals surface area (Å²) in [4.78, 5) is 25.0. The van der Waals surface area contributed by atoms with E-state index >= 15 is 0 Å². The summed E-state index contributed by atoms with van der Waals surface area (Å²) in [7, 11) is 0. The Morgan fingerprint density at radius 2 is 1.62 bits per heavy atom. The van der Waals surface area contributed by atoms with Gasteiger partial charge in [0.05, 0.1) is 0 Å². The van der Waals surface area contributed by atoms with Crippen LogP contribution < -0.4 is 0 Å². The summed E-state index contributed by atoms with van der Waals surface area (Å²) < 4.78 is 5.53. The van der Waals surface area contributed by atoms with E-state index in [9.17, 15) is 14.7 Å². The highest BCUT2D eigenvalue weighted by Crippen LogP contribution is 2.44. The molecule has 6 nitrogen and oxygen atoms in total. The molecule has 0 unspecified atom stereocenters. The third-order valence-electron chi connectivity index (χ3n) is 5.11. The van der Waals surface area contributed by atoms with Crippen molar-refractivity contribution < 1.29 is 24.9 Å². The Kier molecular flexibility index (Phi) is 4.95. The standard InChI is InChI=1S/C20H19NO4.H2O/c22-19(23)18-10-5-11-21(18)20(24)25-12-17-15-8-3-1-6-13(15)14-7-2-4-9-16(14)17;/h1-4,6-9,17-18H,5,10-12H2,(H,22,23);1H2/t18-;/m0./s1. The molecule has 0 saturated carbocycles. The van der Waals surface area contributed by atoms with Gasteiger partial charge in [0.2, 0.25) is 0 Å². The van der Waals surface area contributed by atoms with E-state index in [0.29, 0.717) is 19.4 Å². The van der Waals surface area contributed by atoms with Crippen molar-refractivity contribution in [2.24, 2.45) is 0 Å². The molecule has 0 spiro atoms. The molecule has 1 atom stereocenters. The van der Waals surface area contributed by atoms with E-state index in [2.05, 4.69) is 24.3 Å². The van der Waals surface area contributed by atoms with Gasteiger partial charge in [0, 0.05) is 12.5 Å². The number of rotatable bonds is 3. The molecular weight excluding hydrogens is 334 g/mol. The summed E-state index contributed by atoms with van der Waals surface area (Å²) in [6.07, 6.45) is 0.646. The fraction of sp³-hybridized carbons (Fsp3) is 0.300. The minimum atomic E-state index is -0.967. The Bertz CT molecular complexity index is 789. The van der Waals surface area contributed by atoms with Crippen LogP contribution in [0.25, 0.3) is 11.1 Å². The maximum Gasteiger partial charge on any atom is 0.410 e. The highest BCUT2D eigenvalue weighted by atomic mass is 16.6. The van der Waals surface area contributed by atoms with Crippen molar-refractivity contribution in [1.82, 2.24) is 4.90 Å². The summed E-state index contributed by atoms with van der Waals surface area (Å²) in [6, 6.07) is 15.5. The van der Waals surface area contributed by atoms with Crippen LogP contribution in [0, 0.1) is 0 Å². The largest absolute Gasteiger partial charge is 0.480 e. The van der Waals surface area contributed by atoms with E-state index in [1.807, 2.05) is 24.3 Å². The Hall–Kier alpha value is -2.86. The average molecular weight is 355 g/mol. The minimum Gasteiger partial charge on any atom is -0.480 e. The third kappa shape index (κ3) is 2.93. The number of carboxylic acids is 1. The number of hydrogen-bond donors (Lipinski definition) is 1. The molecule has 26 heavy (non-hydrogen) atoms. The number of carbonyl (C=O) groups excluding carboxylic acids is 1. The van der Waals surface area contributed by atoms with Crippen molar-refractivity contribution in [1.29, 1.82) is 0 Å². The van der Waals surface area contributed by atoms with Crippen LogP contribution in [0.1, 0.15) is 29.9 Å². The molecule has 2 aliphatic rings. The lowest BCUT2D eigenvalue weighted by Gasteiger charge is -2.22. The molecule has 3 N–H and O–H groups in total. The predicted octanol–water partition coefficient (Wildman–Crippen LogP) is 2.66. The molecule has 1 fully saturated rings. The molecule has 136 valence electrons. The zero-order valence-electron chi connectivity index (χ0n) is 14.2. The van der Waals surface area contributed by atoms with E-state index in [1.165, 1.54) is 16.0 Å². The summed E-state index contributed by atoms with van der Waals surface area (Å²) in [5, 5.41) is 9.22. The number of carboxylic acid groups (broad SMARTS) is 1. The zero-order valence-corrected chi connectivity index (χ0v) is 14.2. The molecule has 1 saturated heterocycles. The lowest BCUT2D eigenvalue weighted by molar-refractivity contribution is -0.141. The first-order valence-corrected chi connectivity index (χ1v) is 8.51. The number of amides is 1. The Morgan fingerprint density at radius 3 is 2.19 bits per heavy atom. The third-order valence-corrected chi connectivity index (χ3v) is 5.11. The summed E-state index contributed by atoms with van der Waals surface area (Å²) >= 11 is 0. The first-order chi connectivity index (χ1) is 12.2. The van der Waals surface area contributed by atoms with Gasteiger partial charge in [-0.3, -0.25) is 4.90 Å². The Labute approximate surface area is 151 Å². The van der Waals surface area contributed by atoms with Gasteiger partial charge in [-0.05, 0) is 35.1 Å². The van der Waals surface area contributed by atoms with Gasteiger partial charge in [-0.2, -0.15) is 0 Å². The van der Waals surface area contributed by atoms with Gasteiger partial charge in [-0.1, -0.05) is 48.5 Å². The number of benzene rings is 2. The van der Waals surface area contributed by atoms with E-state index in [0.717, 1.165) is 11.1 Å². The molecule has 6 heteroatoms. The topological polar surface area (TPSA) is 98.3 Å². The highest BCUT2D eigenvalue weighted by molar-refractivity contribution is 5.81. The Balaban J connectivity index is 0.00000196. The van der Waals surface area contributed by atoms with E-state index in [-0.39, 0.29) is 18.0 Å². The number of ether oxygens (including phenoxy) is 1. The quantitative estimate of drug-likeness (QED) is 0.915. The summed E-state index contributed by atoms with van der Waals surface area (Å²) in [6.45, 7) is 0.656. The van der Waals surface area contributed by atoms with Gasteiger partial charge in [0.15, 0.2) is 0 Å². The SMILES string of the molecule is O.O=C(O)[C@@H]1CCCN1C(=O)OCC1c2ccccc2-c2ccccc21. The fourth-order valence-corrected chi connectivity index (χ4v) is 3.92. The minimum absolute atomic E-state index is 0. The maximum atomic E-state index is 12.4. The number of carbonyl (C=O) groups is 2. The molecule has 0 radical (unpaired) electrons. The van der Waals surface area contributed by atoms with Gasteiger partial charge in [-0.25, -0.2) is 9.59 Å². The molecular formula is C20H21NO5. The molecule has 0 bridgehead atoms. The number of likely N-dealkylation sites (tertiary alicyclic amines) is 1. The average Bonchev–Trinajstić information content (AvgIpc) is 3.23. The molecule has 4 rings (SSSR count). The van der Waals surface area contributed by atoms with Crippen LogP contribution in [0.5, 0.6) is 0 Å². The second-order valence-corrected chi connectivity index (χ2v) is 6.49. The number of aliphatic carboxylic acids is 1. The van der Waals surface area contributed by atoms with E-state index < -0.39 is 18.1 Å². The number of hydrogen-bond acceptors (Lipinski definition) is 3. The van der Waals surface area contributed by atoms with E-state index in [1.54, 1.807) is 0 Å². The molecule has 0 aromatic heterocycles. The number of fused-ring (bicyclic) bond motifs is 3. The van der Waals surface area contributed by atoms with Gasteiger partial charge < -0.3 is 15.3 Å². The van der Waals surface area contributed by atoms with Gasteiger partial charge in [-0.15, -0.1) is 0 Å². The molecule has 2 aromatic carbocycles. The first kappa shape index (κ1) is 17.9. The van der Waals surface area contributed by atoms with Gasteiger partial charge >= 0.3 is 12.1 Å². The zero-order chi connectivity index (χ0) is 17.4. The van der Waals surface area contributed by atoms with Gasteiger partial charge in [0.1, 0.15) is 12.6 Å². The second-order valence-electron chi connectivity index (χ2n) is 6.49. The van der Waals surface area contributed by atoms with Crippen LogP contribution in [-0.2, 0) is 9.53 Å². The molecule has 1 aliphatic heterocycles. The van der Waals surface area contributed by atoms with Crippen LogP contribution in [0.4, 0.5) is 4.79 Å². The van der Waals surface area contributed by atoms with Crippen molar-refractivity contribution in [3.8, 4) is 11.1 Å². The van der Waals surface area contributed by atoms with Crippen molar-refractivity contribution in [3.63, 3.8) is 0 Å². The summed E-state index contributed by atoms with van der Waals surface area (Å²) in [5.74, 6) is -0.978. The van der Waals surface area contributed by atoms with Crippen molar-refractivity contribution in [2.45, 2.75) is 24.8 Å². The molecule has 1 amide bonds. The fourth-order valence-electron chi connectivity index (χ4n) is 3.92. The van der Waals surface area contributed by atoms with E-state index in [4.69, 9.17) is 4.74 Å². The highest BCUT2D eigenvalue weighted by Gasteiger charge is 2.36. The van der Waals surface area contributed by atoms with Gasteiger partial charge in [0.25, 0.3) is 0 Å². The normalized spacial score (nSPS) is 18.0. The van der Waals surface area contributed by atoms with Crippen molar-refractivity contribution >= 4 is 12.1 Å². The number of nitrogens with zero attached hydrogens (tertiary/aromatic N) is 1. The molecule has 2 aromatic rings. The van der Waals surface area contributed by atoms with Crippen molar-refractivity contribution in [2.75, 3.05) is 13.2 Å². The predicted molar refractivity (Wildman–Crippen MR) is 96.0 cm³/mol. The van der Waals surface area contributed by atoms with Crippen LogP contribution >= 0.6 is 0 Å². The van der Waals surface area contributed by atoms with Crippen LogP contribution in [0.2, 0.25) is 0 Å². The lowest BCUT2D eigenvalue weighted by atomic mass is 9.98. The van der Waals surface area contributed by atoms with Crippen LogP contribution in [-0.4, -0.2) is 46.7 Å². The van der Waals surface area contributed by atoms with Crippen LogP contribution in [0.3, 0.4) is 0 Å².